The highest BCUT2D eigenvalue weighted by molar-refractivity contribution is 5.95. The number of nitrogens with zero attached hydrogens (tertiary/aromatic N) is 2. The molecule has 1 atom stereocenters. The second kappa shape index (κ2) is 10.7. The minimum atomic E-state index is -0.201. The molecule has 0 saturated heterocycles. The molecule has 2 N–H and O–H groups in total. The first-order chi connectivity index (χ1) is 15.4. The molecule has 32 heavy (non-hydrogen) atoms. The summed E-state index contributed by atoms with van der Waals surface area (Å²) in [5, 5.41) is 3.86. The predicted octanol–water partition coefficient (Wildman–Crippen LogP) is 3.41. The molecule has 170 valence electrons. The van der Waals surface area contributed by atoms with Crippen molar-refractivity contribution >= 4 is 23.0 Å². The zero-order valence-corrected chi connectivity index (χ0v) is 19.1. The van der Waals surface area contributed by atoms with Crippen molar-refractivity contribution in [2.45, 2.75) is 13.0 Å². The Morgan fingerprint density at radius 2 is 2.00 bits per heavy atom. The number of rotatable bonds is 10. The van der Waals surface area contributed by atoms with E-state index in [1.54, 1.807) is 26.5 Å². The van der Waals surface area contributed by atoms with E-state index in [1.807, 2.05) is 51.5 Å². The van der Waals surface area contributed by atoms with Crippen LogP contribution in [0.5, 0.6) is 17.2 Å². The summed E-state index contributed by atoms with van der Waals surface area (Å²) in [5.41, 5.74) is 2.52. The van der Waals surface area contributed by atoms with Crippen LogP contribution in [0.15, 0.2) is 42.7 Å². The fraction of sp³-hybridized carbons (Fsp3) is 0.333. The van der Waals surface area contributed by atoms with Gasteiger partial charge in [-0.25, -0.2) is 4.98 Å². The number of fused-ring (bicyclic) bond motifs is 1. The highest BCUT2D eigenvalue weighted by Gasteiger charge is 2.12. The summed E-state index contributed by atoms with van der Waals surface area (Å²) in [7, 11) is 7.17. The van der Waals surface area contributed by atoms with Gasteiger partial charge in [-0.2, -0.15) is 0 Å². The Hall–Kier alpha value is -3.52. The van der Waals surface area contributed by atoms with Gasteiger partial charge in [-0.15, -0.1) is 0 Å². The number of carbonyl (C=O) groups is 1. The summed E-state index contributed by atoms with van der Waals surface area (Å²) >= 11 is 0. The third-order valence-electron chi connectivity index (χ3n) is 5.03. The van der Waals surface area contributed by atoms with Gasteiger partial charge in [0, 0.05) is 29.8 Å². The molecule has 0 unspecified atom stereocenters. The first-order valence-corrected chi connectivity index (χ1v) is 10.4. The minimum absolute atomic E-state index is 0.201. The SMILES string of the molecule is COc1ccc([C@@H](C)NC(=O)/C=C/c2c[nH]c3ncc(OCCN(C)C)cc23)cc1OC. The Labute approximate surface area is 188 Å². The number of methoxy groups -OCH3 is 2. The summed E-state index contributed by atoms with van der Waals surface area (Å²) in [5.74, 6) is 1.76. The molecule has 1 aromatic carbocycles. The molecule has 0 saturated carbocycles. The van der Waals surface area contributed by atoms with Crippen molar-refractivity contribution in [1.82, 2.24) is 20.2 Å². The normalized spacial score (nSPS) is 12.3. The fourth-order valence-corrected chi connectivity index (χ4v) is 3.20. The lowest BCUT2D eigenvalue weighted by molar-refractivity contribution is -0.117. The summed E-state index contributed by atoms with van der Waals surface area (Å²) in [6.07, 6.45) is 6.79. The van der Waals surface area contributed by atoms with E-state index in [0.717, 1.165) is 28.7 Å². The molecular weight excluding hydrogens is 408 g/mol. The number of ether oxygens (including phenoxy) is 3. The average Bonchev–Trinajstić information content (AvgIpc) is 3.19. The van der Waals surface area contributed by atoms with E-state index in [4.69, 9.17) is 14.2 Å². The van der Waals surface area contributed by atoms with Crippen LogP contribution in [0.3, 0.4) is 0 Å². The number of H-pyrrole nitrogens is 1. The number of carbonyl (C=O) groups excluding carboxylic acids is 1. The third-order valence-corrected chi connectivity index (χ3v) is 5.03. The first-order valence-electron chi connectivity index (χ1n) is 10.4. The Morgan fingerprint density at radius 3 is 2.72 bits per heavy atom. The lowest BCUT2D eigenvalue weighted by atomic mass is 10.1. The fourth-order valence-electron chi connectivity index (χ4n) is 3.20. The van der Waals surface area contributed by atoms with Crippen LogP contribution in [0.2, 0.25) is 0 Å². The van der Waals surface area contributed by atoms with Crippen LogP contribution in [-0.4, -0.2) is 62.2 Å². The summed E-state index contributed by atoms with van der Waals surface area (Å²) < 4.78 is 16.4. The monoisotopic (exact) mass is 438 g/mol. The van der Waals surface area contributed by atoms with Gasteiger partial charge in [0.2, 0.25) is 5.91 Å². The van der Waals surface area contributed by atoms with E-state index in [0.29, 0.717) is 23.9 Å². The minimum Gasteiger partial charge on any atom is -0.493 e. The number of amides is 1. The van der Waals surface area contributed by atoms with Crippen LogP contribution in [0.1, 0.15) is 24.1 Å². The van der Waals surface area contributed by atoms with Crippen molar-refractivity contribution in [2.24, 2.45) is 0 Å². The molecule has 0 aliphatic carbocycles. The maximum atomic E-state index is 12.5. The van der Waals surface area contributed by atoms with Gasteiger partial charge in [-0.1, -0.05) is 6.07 Å². The molecule has 2 heterocycles. The van der Waals surface area contributed by atoms with E-state index >= 15 is 0 Å². The molecule has 0 aliphatic heterocycles. The molecule has 0 aliphatic rings. The molecule has 3 rings (SSSR count). The maximum absolute atomic E-state index is 12.5. The van der Waals surface area contributed by atoms with E-state index < -0.39 is 0 Å². The van der Waals surface area contributed by atoms with E-state index in [-0.39, 0.29) is 11.9 Å². The van der Waals surface area contributed by atoms with Crippen molar-refractivity contribution in [3.05, 3.63) is 53.9 Å². The topological polar surface area (TPSA) is 88.7 Å². The smallest absolute Gasteiger partial charge is 0.244 e. The highest BCUT2D eigenvalue weighted by Crippen LogP contribution is 2.30. The number of hydrogen-bond donors (Lipinski definition) is 2. The van der Waals surface area contributed by atoms with Crippen LogP contribution in [0.25, 0.3) is 17.1 Å². The second-order valence-electron chi connectivity index (χ2n) is 7.64. The summed E-state index contributed by atoms with van der Waals surface area (Å²) in [4.78, 5) is 22.1. The van der Waals surface area contributed by atoms with Crippen molar-refractivity contribution in [3.8, 4) is 17.2 Å². The zero-order valence-electron chi connectivity index (χ0n) is 19.1. The molecular formula is C24H30N4O4. The maximum Gasteiger partial charge on any atom is 0.244 e. The van der Waals surface area contributed by atoms with Crippen molar-refractivity contribution < 1.29 is 19.0 Å². The molecule has 8 nitrogen and oxygen atoms in total. The Kier molecular flexibility index (Phi) is 7.72. The molecule has 8 heteroatoms. The number of aromatic amines is 1. The van der Waals surface area contributed by atoms with E-state index in [1.165, 1.54) is 6.08 Å². The number of hydrogen-bond acceptors (Lipinski definition) is 6. The molecule has 1 amide bonds. The van der Waals surface area contributed by atoms with Gasteiger partial charge in [0.15, 0.2) is 11.5 Å². The van der Waals surface area contributed by atoms with Crippen molar-refractivity contribution in [1.29, 1.82) is 0 Å². The second-order valence-corrected chi connectivity index (χ2v) is 7.64. The third kappa shape index (κ3) is 5.79. The molecule has 0 fully saturated rings. The van der Waals surface area contributed by atoms with Crippen LogP contribution in [0.4, 0.5) is 0 Å². The van der Waals surface area contributed by atoms with Gasteiger partial charge in [0.05, 0.1) is 26.5 Å². The van der Waals surface area contributed by atoms with Crippen molar-refractivity contribution in [2.75, 3.05) is 41.5 Å². The number of pyridine rings is 1. The van der Waals surface area contributed by atoms with Crippen LogP contribution >= 0.6 is 0 Å². The standard InChI is InChI=1S/C24H30N4O4/c1-16(17-6-8-21(30-4)22(12-17)31-5)27-23(29)9-7-18-14-25-24-20(18)13-19(15-26-24)32-11-10-28(2)3/h6-9,12-16H,10-11H2,1-5H3,(H,25,26)(H,27,29)/b9-7+/t16-/m1/s1. The number of likely N-dealkylation sites (N-methyl/N-ethyl adjacent to an activating group) is 1. The number of benzene rings is 1. The van der Waals surface area contributed by atoms with Crippen LogP contribution in [-0.2, 0) is 4.79 Å². The summed E-state index contributed by atoms with van der Waals surface area (Å²) in [6, 6.07) is 7.31. The van der Waals surface area contributed by atoms with Crippen LogP contribution < -0.4 is 19.5 Å². The van der Waals surface area contributed by atoms with Gasteiger partial charge >= 0.3 is 0 Å². The van der Waals surface area contributed by atoms with Gasteiger partial charge in [0.1, 0.15) is 18.0 Å². The molecule has 2 aromatic heterocycles. The quantitative estimate of drug-likeness (QED) is 0.472. The van der Waals surface area contributed by atoms with Gasteiger partial charge in [-0.3, -0.25) is 4.79 Å². The number of nitrogens with one attached hydrogen (secondary N) is 2. The summed E-state index contributed by atoms with van der Waals surface area (Å²) in [6.45, 7) is 3.31. The molecule has 3 aromatic rings. The number of aromatic nitrogens is 2. The lowest BCUT2D eigenvalue weighted by Gasteiger charge is -2.15. The lowest BCUT2D eigenvalue weighted by Crippen LogP contribution is -2.24. The largest absolute Gasteiger partial charge is 0.493 e. The van der Waals surface area contributed by atoms with Crippen molar-refractivity contribution in [3.63, 3.8) is 0 Å². The molecule has 0 radical (unpaired) electrons. The Bertz CT molecular complexity index is 1090. The molecule has 0 bridgehead atoms. The Morgan fingerprint density at radius 1 is 1.22 bits per heavy atom. The van der Waals surface area contributed by atoms with Gasteiger partial charge in [-0.05, 0) is 50.9 Å². The van der Waals surface area contributed by atoms with E-state index in [9.17, 15) is 4.79 Å². The van der Waals surface area contributed by atoms with E-state index in [2.05, 4.69) is 20.2 Å². The highest BCUT2D eigenvalue weighted by atomic mass is 16.5. The first kappa shape index (κ1) is 23.1. The molecule has 0 spiro atoms. The van der Waals surface area contributed by atoms with Gasteiger partial charge < -0.3 is 29.4 Å². The Balaban J connectivity index is 1.67. The zero-order chi connectivity index (χ0) is 23.1. The van der Waals surface area contributed by atoms with Gasteiger partial charge in [0.25, 0.3) is 0 Å². The van der Waals surface area contributed by atoms with Crippen LogP contribution in [0, 0.1) is 0 Å². The predicted molar refractivity (Wildman–Crippen MR) is 125 cm³/mol. The average molecular weight is 439 g/mol.